The molecule has 0 aliphatic heterocycles. The van der Waals surface area contributed by atoms with Crippen LogP contribution in [0.15, 0.2) is 23.1 Å². The zero-order valence-electron chi connectivity index (χ0n) is 9.81. The van der Waals surface area contributed by atoms with E-state index < -0.39 is 9.84 Å². The summed E-state index contributed by atoms with van der Waals surface area (Å²) in [5.41, 5.74) is 6.56. The van der Waals surface area contributed by atoms with Crippen LogP contribution in [0, 0.1) is 0 Å². The molecule has 3 nitrogen and oxygen atoms in total. The maximum Gasteiger partial charge on any atom is 0.175 e. The number of benzene rings is 1. The Labute approximate surface area is 114 Å². The maximum absolute atomic E-state index is 11.6. The fourth-order valence-corrected chi connectivity index (χ4v) is 2.67. The molecule has 1 atom stereocenters. The Morgan fingerprint density at radius 3 is 2.47 bits per heavy atom. The van der Waals surface area contributed by atoms with Gasteiger partial charge in [0.1, 0.15) is 0 Å². The van der Waals surface area contributed by atoms with E-state index in [2.05, 4.69) is 0 Å². The van der Waals surface area contributed by atoms with Crippen molar-refractivity contribution in [3.63, 3.8) is 0 Å². The van der Waals surface area contributed by atoms with Crippen molar-refractivity contribution >= 4 is 33.8 Å². The van der Waals surface area contributed by atoms with Crippen LogP contribution in [0.1, 0.15) is 18.9 Å². The third-order valence-electron chi connectivity index (χ3n) is 2.44. The molecule has 98 valence electrons. The van der Waals surface area contributed by atoms with Gasteiger partial charge in [-0.2, -0.15) is 0 Å². The quantitative estimate of drug-likeness (QED) is 0.928. The molecule has 0 saturated carbocycles. The second-order valence-corrected chi connectivity index (χ2v) is 6.32. The first-order valence-electron chi connectivity index (χ1n) is 5.08. The van der Waals surface area contributed by atoms with Crippen molar-refractivity contribution < 1.29 is 8.42 Å². The van der Waals surface area contributed by atoms with E-state index in [9.17, 15) is 8.42 Å². The van der Waals surface area contributed by atoms with Crippen LogP contribution >= 0.6 is 24.0 Å². The second kappa shape index (κ2) is 6.59. The van der Waals surface area contributed by atoms with Gasteiger partial charge in [0.25, 0.3) is 0 Å². The lowest BCUT2D eigenvalue weighted by molar-refractivity contribution is 0.597. The molecule has 2 N–H and O–H groups in total. The molecule has 0 amide bonds. The van der Waals surface area contributed by atoms with Crippen molar-refractivity contribution in [1.29, 1.82) is 0 Å². The van der Waals surface area contributed by atoms with Gasteiger partial charge in [-0.25, -0.2) is 8.42 Å². The monoisotopic (exact) mass is 297 g/mol. The van der Waals surface area contributed by atoms with Gasteiger partial charge >= 0.3 is 0 Å². The van der Waals surface area contributed by atoms with Crippen LogP contribution in [0.5, 0.6) is 0 Å². The number of nitrogens with two attached hydrogens (primary N) is 1. The van der Waals surface area contributed by atoms with Gasteiger partial charge in [-0.15, -0.1) is 12.4 Å². The van der Waals surface area contributed by atoms with E-state index in [1.54, 1.807) is 12.1 Å². The summed E-state index contributed by atoms with van der Waals surface area (Å²) in [7, 11) is -3.25. The predicted octanol–water partition coefficient (Wildman–Crippen LogP) is 2.45. The fraction of sp³-hybridized carbons (Fsp3) is 0.455. The van der Waals surface area contributed by atoms with Gasteiger partial charge < -0.3 is 5.73 Å². The van der Waals surface area contributed by atoms with Crippen molar-refractivity contribution in [2.75, 3.05) is 6.26 Å². The summed E-state index contributed by atoms with van der Waals surface area (Å²) in [6.45, 7) is 1.97. The van der Waals surface area contributed by atoms with Crippen molar-refractivity contribution in [2.45, 2.75) is 30.7 Å². The molecule has 0 aliphatic rings. The summed E-state index contributed by atoms with van der Waals surface area (Å²) < 4.78 is 23.2. The van der Waals surface area contributed by atoms with Gasteiger partial charge in [0.05, 0.1) is 4.90 Å². The average molecular weight is 298 g/mol. The Morgan fingerprint density at radius 1 is 1.41 bits per heavy atom. The predicted molar refractivity (Wildman–Crippen MR) is 73.8 cm³/mol. The molecule has 17 heavy (non-hydrogen) atoms. The average Bonchev–Trinajstić information content (AvgIpc) is 2.19. The van der Waals surface area contributed by atoms with Gasteiger partial charge in [-0.05, 0) is 30.5 Å². The van der Waals surface area contributed by atoms with Crippen molar-refractivity contribution in [3.05, 3.63) is 28.8 Å². The second-order valence-electron chi connectivity index (χ2n) is 3.90. The van der Waals surface area contributed by atoms with E-state index in [0.29, 0.717) is 11.4 Å². The first-order valence-corrected chi connectivity index (χ1v) is 7.35. The topological polar surface area (TPSA) is 60.2 Å². The Bertz CT molecular complexity index is 474. The number of halogens is 2. The largest absolute Gasteiger partial charge is 0.327 e. The Kier molecular flexibility index (Phi) is 6.48. The minimum Gasteiger partial charge on any atom is -0.327 e. The summed E-state index contributed by atoms with van der Waals surface area (Å²) in [6.07, 6.45) is 2.54. The van der Waals surface area contributed by atoms with Gasteiger partial charge in [0.2, 0.25) is 0 Å². The van der Waals surface area contributed by atoms with Crippen molar-refractivity contribution in [2.24, 2.45) is 5.73 Å². The summed E-state index contributed by atoms with van der Waals surface area (Å²) in [5, 5.41) is 0.425. The highest BCUT2D eigenvalue weighted by molar-refractivity contribution is 7.90. The molecule has 0 aliphatic carbocycles. The van der Waals surface area contributed by atoms with E-state index in [4.69, 9.17) is 17.3 Å². The number of sulfone groups is 1. The minimum absolute atomic E-state index is 0. The highest BCUT2D eigenvalue weighted by Crippen LogP contribution is 2.22. The first-order chi connectivity index (χ1) is 7.34. The van der Waals surface area contributed by atoms with Gasteiger partial charge in [0, 0.05) is 17.3 Å². The minimum atomic E-state index is -3.25. The van der Waals surface area contributed by atoms with Crippen LogP contribution in [-0.4, -0.2) is 20.7 Å². The molecule has 1 aromatic rings. The van der Waals surface area contributed by atoms with E-state index in [0.717, 1.165) is 12.0 Å². The number of hydrogen-bond acceptors (Lipinski definition) is 3. The Balaban J connectivity index is 0.00000256. The molecule has 0 aromatic heterocycles. The molecule has 0 fully saturated rings. The molecule has 1 rings (SSSR count). The van der Waals surface area contributed by atoms with Crippen molar-refractivity contribution in [3.8, 4) is 0 Å². The van der Waals surface area contributed by atoms with E-state index in [-0.39, 0.29) is 23.3 Å². The SMILES string of the molecule is CCC(N)Cc1ccc(Cl)cc1S(C)(=O)=O.Cl. The van der Waals surface area contributed by atoms with Gasteiger partial charge in [-0.1, -0.05) is 24.6 Å². The molecule has 0 heterocycles. The fourth-order valence-electron chi connectivity index (χ4n) is 1.47. The van der Waals surface area contributed by atoms with E-state index >= 15 is 0 Å². The smallest absolute Gasteiger partial charge is 0.175 e. The summed E-state index contributed by atoms with van der Waals surface area (Å²) in [6, 6.07) is 4.87. The Morgan fingerprint density at radius 2 is 2.00 bits per heavy atom. The highest BCUT2D eigenvalue weighted by atomic mass is 35.5. The van der Waals surface area contributed by atoms with Gasteiger partial charge in [-0.3, -0.25) is 0 Å². The van der Waals surface area contributed by atoms with Crippen LogP contribution < -0.4 is 5.73 Å². The van der Waals surface area contributed by atoms with Crippen LogP contribution in [-0.2, 0) is 16.3 Å². The Hall–Kier alpha value is -0.290. The summed E-state index contributed by atoms with van der Waals surface area (Å²) in [5.74, 6) is 0. The zero-order valence-corrected chi connectivity index (χ0v) is 12.2. The lowest BCUT2D eigenvalue weighted by atomic mass is 10.1. The molecule has 0 saturated heterocycles. The molecular formula is C11H17Cl2NO2S. The van der Waals surface area contributed by atoms with Crippen LogP contribution in [0.25, 0.3) is 0 Å². The summed E-state index contributed by atoms with van der Waals surface area (Å²) >= 11 is 5.80. The molecule has 1 aromatic carbocycles. The first kappa shape index (κ1) is 16.7. The van der Waals surface area contributed by atoms with Gasteiger partial charge in [0.15, 0.2) is 9.84 Å². The summed E-state index contributed by atoms with van der Waals surface area (Å²) in [4.78, 5) is 0.281. The number of hydrogen-bond donors (Lipinski definition) is 1. The number of rotatable bonds is 4. The highest BCUT2D eigenvalue weighted by Gasteiger charge is 2.15. The normalized spacial score (nSPS) is 12.9. The molecule has 0 radical (unpaired) electrons. The van der Waals surface area contributed by atoms with E-state index in [1.807, 2.05) is 6.92 Å². The molecule has 0 spiro atoms. The lowest BCUT2D eigenvalue weighted by Crippen LogP contribution is -2.22. The third-order valence-corrected chi connectivity index (χ3v) is 3.85. The molecule has 6 heteroatoms. The third kappa shape index (κ3) is 4.84. The molecule has 0 bridgehead atoms. The van der Waals surface area contributed by atoms with Crippen LogP contribution in [0.3, 0.4) is 0 Å². The maximum atomic E-state index is 11.6. The lowest BCUT2D eigenvalue weighted by Gasteiger charge is -2.12. The van der Waals surface area contributed by atoms with Crippen LogP contribution in [0.4, 0.5) is 0 Å². The zero-order chi connectivity index (χ0) is 12.3. The van der Waals surface area contributed by atoms with E-state index in [1.165, 1.54) is 12.3 Å². The molecular weight excluding hydrogens is 281 g/mol. The van der Waals surface area contributed by atoms with Crippen molar-refractivity contribution in [1.82, 2.24) is 0 Å². The standard InChI is InChI=1S/C11H16ClNO2S.ClH/c1-3-10(13)6-8-4-5-9(12)7-11(8)16(2,14)15;/h4-5,7,10H,3,6,13H2,1-2H3;1H. The molecule has 1 unspecified atom stereocenters. The van der Waals surface area contributed by atoms with Crippen LogP contribution in [0.2, 0.25) is 5.02 Å².